The summed E-state index contributed by atoms with van der Waals surface area (Å²) < 4.78 is 5.69. The number of ether oxygens (including phenoxy) is 1. The van der Waals surface area contributed by atoms with Crippen molar-refractivity contribution >= 4 is 29.7 Å². The Kier molecular flexibility index (Phi) is 7.15. The average molecular weight is 392 g/mol. The van der Waals surface area contributed by atoms with Crippen molar-refractivity contribution in [3.63, 3.8) is 0 Å². The van der Waals surface area contributed by atoms with Crippen molar-refractivity contribution in [2.75, 3.05) is 5.32 Å². The highest BCUT2D eigenvalue weighted by molar-refractivity contribution is 5.91. The Morgan fingerprint density at radius 3 is 2.56 bits per heavy atom. The van der Waals surface area contributed by atoms with Gasteiger partial charge in [-0.2, -0.15) is 0 Å². The van der Waals surface area contributed by atoms with Gasteiger partial charge in [-0.1, -0.05) is 12.5 Å². The van der Waals surface area contributed by atoms with Crippen molar-refractivity contribution in [3.8, 4) is 11.5 Å². The molecule has 8 heteroatoms. The Bertz CT molecular complexity index is 798. The van der Waals surface area contributed by atoms with E-state index in [1.54, 1.807) is 24.3 Å². The van der Waals surface area contributed by atoms with Crippen molar-refractivity contribution in [3.05, 3.63) is 58.6 Å². The van der Waals surface area contributed by atoms with Crippen molar-refractivity contribution < 1.29 is 14.5 Å². The fourth-order valence-corrected chi connectivity index (χ4v) is 3.18. The second kappa shape index (κ2) is 9.34. The van der Waals surface area contributed by atoms with Gasteiger partial charge in [0.15, 0.2) is 0 Å². The maximum Gasteiger partial charge on any atom is 0.269 e. The molecule has 3 N–H and O–H groups in total. The number of hydrogen-bond donors (Lipinski definition) is 2. The van der Waals surface area contributed by atoms with E-state index in [1.165, 1.54) is 24.3 Å². The standard InChI is InChI=1S/C19H21N3O4.ClH/c20-18-6-1-3-13(18)11-19(23)21-14-4-2-5-17(12-14)26-16-9-7-15(8-10-16)22(24)25;/h2,4-5,7-10,12-13,18H,1,3,6,11,20H2,(H,21,23);1H/t13-,18+;/m0./s1. The average Bonchev–Trinajstić information content (AvgIpc) is 3.00. The van der Waals surface area contributed by atoms with Gasteiger partial charge in [0, 0.05) is 36.3 Å². The monoisotopic (exact) mass is 391 g/mol. The second-order valence-corrected chi connectivity index (χ2v) is 6.49. The zero-order valence-corrected chi connectivity index (χ0v) is 15.5. The number of carbonyl (C=O) groups is 1. The molecule has 0 radical (unpaired) electrons. The molecule has 1 saturated carbocycles. The molecule has 0 unspecified atom stereocenters. The summed E-state index contributed by atoms with van der Waals surface area (Å²) in [7, 11) is 0. The maximum atomic E-state index is 12.2. The molecule has 0 saturated heterocycles. The largest absolute Gasteiger partial charge is 0.457 e. The summed E-state index contributed by atoms with van der Waals surface area (Å²) in [6, 6.07) is 13.0. The first-order valence-electron chi connectivity index (χ1n) is 8.59. The number of halogens is 1. The van der Waals surface area contributed by atoms with Crippen LogP contribution in [0.5, 0.6) is 11.5 Å². The first-order chi connectivity index (χ1) is 12.5. The van der Waals surface area contributed by atoms with Crippen LogP contribution in [0, 0.1) is 16.0 Å². The number of rotatable bonds is 6. The Balaban J connectivity index is 0.00000261. The summed E-state index contributed by atoms with van der Waals surface area (Å²) in [4.78, 5) is 22.4. The number of non-ortho nitro benzene ring substituents is 1. The van der Waals surface area contributed by atoms with E-state index in [-0.39, 0.29) is 36.0 Å². The molecule has 7 nitrogen and oxygen atoms in total. The lowest BCUT2D eigenvalue weighted by Gasteiger charge is -2.15. The Morgan fingerprint density at radius 1 is 1.19 bits per heavy atom. The third-order valence-electron chi connectivity index (χ3n) is 4.57. The number of nitro groups is 1. The predicted molar refractivity (Wildman–Crippen MR) is 105 cm³/mol. The number of nitro benzene ring substituents is 1. The molecule has 0 heterocycles. The van der Waals surface area contributed by atoms with Gasteiger partial charge in [0.05, 0.1) is 4.92 Å². The fourth-order valence-electron chi connectivity index (χ4n) is 3.18. The molecule has 0 spiro atoms. The molecule has 144 valence electrons. The lowest BCUT2D eigenvalue weighted by molar-refractivity contribution is -0.384. The van der Waals surface area contributed by atoms with Gasteiger partial charge in [-0.25, -0.2) is 0 Å². The number of nitrogens with two attached hydrogens (primary N) is 1. The van der Waals surface area contributed by atoms with Crippen molar-refractivity contribution in [2.24, 2.45) is 11.7 Å². The number of benzene rings is 2. The van der Waals surface area contributed by atoms with Gasteiger partial charge in [-0.05, 0) is 43.0 Å². The molecule has 1 amide bonds. The van der Waals surface area contributed by atoms with E-state index in [4.69, 9.17) is 10.5 Å². The van der Waals surface area contributed by atoms with Gasteiger partial charge in [-0.15, -0.1) is 12.4 Å². The third kappa shape index (κ3) is 5.67. The smallest absolute Gasteiger partial charge is 0.269 e. The number of nitrogens with zero attached hydrogens (tertiary/aromatic N) is 1. The van der Waals surface area contributed by atoms with Crippen molar-refractivity contribution in [1.29, 1.82) is 0 Å². The molecule has 1 aliphatic carbocycles. The van der Waals surface area contributed by atoms with Crippen LogP contribution in [0.25, 0.3) is 0 Å². The van der Waals surface area contributed by atoms with Gasteiger partial charge >= 0.3 is 0 Å². The van der Waals surface area contributed by atoms with Crippen LogP contribution in [-0.4, -0.2) is 16.9 Å². The van der Waals surface area contributed by atoms with E-state index in [9.17, 15) is 14.9 Å². The molecule has 1 aliphatic rings. The topological polar surface area (TPSA) is 107 Å². The number of anilines is 1. The molecule has 0 bridgehead atoms. The van der Waals surface area contributed by atoms with Crippen LogP contribution >= 0.6 is 12.4 Å². The summed E-state index contributed by atoms with van der Waals surface area (Å²) in [5, 5.41) is 13.6. The second-order valence-electron chi connectivity index (χ2n) is 6.49. The van der Waals surface area contributed by atoms with Gasteiger partial charge in [-0.3, -0.25) is 14.9 Å². The molecular weight excluding hydrogens is 370 g/mol. The van der Waals surface area contributed by atoms with Crippen molar-refractivity contribution in [1.82, 2.24) is 0 Å². The minimum atomic E-state index is -0.462. The van der Waals surface area contributed by atoms with Crippen LogP contribution in [0.15, 0.2) is 48.5 Å². The van der Waals surface area contributed by atoms with Gasteiger partial charge in [0.25, 0.3) is 5.69 Å². The van der Waals surface area contributed by atoms with Crippen LogP contribution in [-0.2, 0) is 4.79 Å². The number of hydrogen-bond acceptors (Lipinski definition) is 5. The normalized spacial score (nSPS) is 18.4. The van der Waals surface area contributed by atoms with Gasteiger partial charge < -0.3 is 15.8 Å². The zero-order valence-electron chi connectivity index (χ0n) is 14.7. The summed E-state index contributed by atoms with van der Waals surface area (Å²) in [6.45, 7) is 0. The lowest BCUT2D eigenvalue weighted by atomic mass is 10.00. The minimum absolute atomic E-state index is 0. The highest BCUT2D eigenvalue weighted by atomic mass is 35.5. The SMILES string of the molecule is Cl.N[C@@H]1CCC[C@H]1CC(=O)Nc1cccc(Oc2ccc([N+](=O)[O-])cc2)c1. The van der Waals surface area contributed by atoms with Gasteiger partial charge in [0.1, 0.15) is 11.5 Å². The summed E-state index contributed by atoms with van der Waals surface area (Å²) in [5.74, 6) is 1.21. The number of nitrogens with one attached hydrogen (secondary N) is 1. The minimum Gasteiger partial charge on any atom is -0.457 e. The van der Waals surface area contributed by atoms with Crippen LogP contribution in [0.4, 0.5) is 11.4 Å². The highest BCUT2D eigenvalue weighted by Crippen LogP contribution is 2.28. The lowest BCUT2D eigenvalue weighted by Crippen LogP contribution is -2.28. The Morgan fingerprint density at radius 2 is 1.93 bits per heavy atom. The van der Waals surface area contributed by atoms with Crippen LogP contribution in [0.2, 0.25) is 0 Å². The maximum absolute atomic E-state index is 12.2. The highest BCUT2D eigenvalue weighted by Gasteiger charge is 2.26. The van der Waals surface area contributed by atoms with Crippen LogP contribution < -0.4 is 15.8 Å². The quantitative estimate of drug-likeness (QED) is 0.564. The van der Waals surface area contributed by atoms with Crippen LogP contribution in [0.1, 0.15) is 25.7 Å². The Labute approximate surface area is 163 Å². The molecule has 0 aliphatic heterocycles. The predicted octanol–water partition coefficient (Wildman–Crippen LogP) is 4.26. The first kappa shape index (κ1) is 20.7. The van der Waals surface area contributed by atoms with E-state index < -0.39 is 4.92 Å². The molecule has 27 heavy (non-hydrogen) atoms. The summed E-state index contributed by atoms with van der Waals surface area (Å²) >= 11 is 0. The molecule has 2 aromatic rings. The van der Waals surface area contributed by atoms with E-state index >= 15 is 0 Å². The molecule has 2 atom stereocenters. The molecular formula is C19H22ClN3O4. The third-order valence-corrected chi connectivity index (χ3v) is 4.57. The van der Waals surface area contributed by atoms with Crippen LogP contribution in [0.3, 0.4) is 0 Å². The van der Waals surface area contributed by atoms with E-state index in [2.05, 4.69) is 5.32 Å². The number of carbonyl (C=O) groups excluding carboxylic acids is 1. The summed E-state index contributed by atoms with van der Waals surface area (Å²) in [6.07, 6.45) is 3.49. The number of amides is 1. The van der Waals surface area contributed by atoms with E-state index in [1.807, 2.05) is 0 Å². The summed E-state index contributed by atoms with van der Waals surface area (Å²) in [5.41, 5.74) is 6.66. The molecule has 0 aromatic heterocycles. The fraction of sp³-hybridized carbons (Fsp3) is 0.316. The van der Waals surface area contributed by atoms with Crippen molar-refractivity contribution in [2.45, 2.75) is 31.7 Å². The van der Waals surface area contributed by atoms with E-state index in [0.29, 0.717) is 23.6 Å². The molecule has 1 fully saturated rings. The zero-order chi connectivity index (χ0) is 18.5. The van der Waals surface area contributed by atoms with E-state index in [0.717, 1.165) is 19.3 Å². The first-order valence-corrected chi connectivity index (χ1v) is 8.59. The molecule has 3 rings (SSSR count). The Hall–Kier alpha value is -2.64. The van der Waals surface area contributed by atoms with Gasteiger partial charge in [0.2, 0.25) is 5.91 Å². The molecule has 2 aromatic carbocycles.